The molecule has 1 aliphatic heterocycles. The van der Waals surface area contributed by atoms with Crippen LogP contribution in [0, 0.1) is 0 Å². The van der Waals surface area contributed by atoms with Crippen molar-refractivity contribution in [2.45, 2.75) is 13.0 Å². The number of carbonyl (C=O) groups excluding carboxylic acids is 1. The highest BCUT2D eigenvalue weighted by molar-refractivity contribution is 6.01. The number of nitrogens with zero attached hydrogens (tertiary/aromatic N) is 1. The predicted octanol–water partition coefficient (Wildman–Crippen LogP) is 4.17. The first-order valence-corrected chi connectivity index (χ1v) is 9.46. The van der Waals surface area contributed by atoms with Gasteiger partial charge in [0.25, 0.3) is 0 Å². The summed E-state index contributed by atoms with van der Waals surface area (Å²) in [6, 6.07) is 22.6. The summed E-state index contributed by atoms with van der Waals surface area (Å²) in [7, 11) is 0. The Labute approximate surface area is 169 Å². The molecule has 0 fully saturated rings. The smallest absolute Gasteiger partial charge is 0.323 e. The van der Waals surface area contributed by atoms with Crippen molar-refractivity contribution in [2.75, 3.05) is 17.2 Å². The van der Waals surface area contributed by atoms with Crippen LogP contribution >= 0.6 is 0 Å². The predicted molar refractivity (Wildman–Crippen MR) is 116 cm³/mol. The Bertz CT molecular complexity index is 1050. The van der Waals surface area contributed by atoms with E-state index in [1.807, 2.05) is 72.8 Å². The monoisotopic (exact) mass is 386 g/mol. The van der Waals surface area contributed by atoms with Crippen LogP contribution in [0.1, 0.15) is 16.7 Å². The maximum absolute atomic E-state index is 12.4. The van der Waals surface area contributed by atoms with E-state index in [0.717, 1.165) is 28.9 Å². The van der Waals surface area contributed by atoms with Crippen molar-refractivity contribution in [1.82, 2.24) is 0 Å². The highest BCUT2D eigenvalue weighted by atomic mass is 16.5. The summed E-state index contributed by atoms with van der Waals surface area (Å²) in [6.45, 7) is 1.07. The molecule has 0 aliphatic carbocycles. The molecule has 4 N–H and O–H groups in total. The summed E-state index contributed by atoms with van der Waals surface area (Å²) in [6.07, 6.45) is 0.862. The van der Waals surface area contributed by atoms with Gasteiger partial charge in [-0.15, -0.1) is 0 Å². The number of amides is 2. The number of nitrogens with one attached hydrogen (secondary N) is 2. The molecule has 3 aromatic rings. The van der Waals surface area contributed by atoms with Crippen molar-refractivity contribution in [2.24, 2.45) is 10.7 Å². The van der Waals surface area contributed by atoms with E-state index < -0.39 is 0 Å². The number of benzene rings is 3. The van der Waals surface area contributed by atoms with E-state index in [4.69, 9.17) is 10.5 Å². The van der Waals surface area contributed by atoms with Crippen LogP contribution in [-0.2, 0) is 13.0 Å². The lowest BCUT2D eigenvalue weighted by molar-refractivity contribution is 0.262. The molecule has 1 heterocycles. The van der Waals surface area contributed by atoms with Crippen LogP contribution < -0.4 is 21.1 Å². The number of urea groups is 1. The lowest BCUT2D eigenvalue weighted by atomic mass is 10.1. The number of nitrogens with two attached hydrogens (primary N) is 1. The lowest BCUT2D eigenvalue weighted by Gasteiger charge is -2.11. The molecule has 6 heteroatoms. The average molecular weight is 386 g/mol. The number of hydrogen-bond acceptors (Lipinski definition) is 3. The molecule has 4 rings (SSSR count). The third-order valence-electron chi connectivity index (χ3n) is 4.65. The molecule has 0 aromatic heterocycles. The Morgan fingerprint density at radius 3 is 2.69 bits per heavy atom. The topological polar surface area (TPSA) is 88.7 Å². The highest BCUT2D eigenvalue weighted by Crippen LogP contribution is 2.33. The Balaban J connectivity index is 1.40. The number of carbonyl (C=O) groups is 1. The molecule has 29 heavy (non-hydrogen) atoms. The zero-order chi connectivity index (χ0) is 20.1. The third kappa shape index (κ3) is 4.55. The molecule has 0 saturated heterocycles. The summed E-state index contributed by atoms with van der Waals surface area (Å²) in [5, 5.41) is 5.72. The first-order valence-electron chi connectivity index (χ1n) is 9.46. The van der Waals surface area contributed by atoms with E-state index in [1.54, 1.807) is 0 Å². The van der Waals surface area contributed by atoms with Crippen molar-refractivity contribution >= 4 is 23.2 Å². The quantitative estimate of drug-likeness (QED) is 0.454. The number of amidine groups is 1. The van der Waals surface area contributed by atoms with Gasteiger partial charge in [-0.05, 0) is 29.3 Å². The minimum atomic E-state index is -0.321. The van der Waals surface area contributed by atoms with Crippen LogP contribution in [0.5, 0.6) is 5.75 Å². The summed E-state index contributed by atoms with van der Waals surface area (Å²) >= 11 is 0. The molecule has 2 amide bonds. The van der Waals surface area contributed by atoms with Gasteiger partial charge in [-0.3, -0.25) is 4.99 Å². The van der Waals surface area contributed by atoms with Crippen LogP contribution in [0.3, 0.4) is 0 Å². The van der Waals surface area contributed by atoms with Crippen LogP contribution in [0.15, 0.2) is 77.8 Å². The number of rotatable bonds is 5. The van der Waals surface area contributed by atoms with Gasteiger partial charge in [0.15, 0.2) is 0 Å². The molecule has 0 spiro atoms. The highest BCUT2D eigenvalue weighted by Gasteiger charge is 2.17. The number of para-hydroxylation sites is 1. The van der Waals surface area contributed by atoms with Crippen LogP contribution in [-0.4, -0.2) is 18.5 Å². The molecular formula is C23H22N4O2. The van der Waals surface area contributed by atoms with Crippen LogP contribution in [0.25, 0.3) is 0 Å². The van der Waals surface area contributed by atoms with Gasteiger partial charge >= 0.3 is 6.03 Å². The second-order valence-corrected chi connectivity index (χ2v) is 6.74. The van der Waals surface area contributed by atoms with Gasteiger partial charge in [0.1, 0.15) is 11.6 Å². The Hall–Kier alpha value is -3.80. The number of aliphatic imine (C=N–C) groups is 1. The molecule has 3 aromatic carbocycles. The lowest BCUT2D eigenvalue weighted by Crippen LogP contribution is -2.19. The van der Waals surface area contributed by atoms with E-state index in [-0.39, 0.29) is 6.03 Å². The van der Waals surface area contributed by atoms with E-state index in [1.165, 1.54) is 0 Å². The fourth-order valence-electron chi connectivity index (χ4n) is 3.22. The third-order valence-corrected chi connectivity index (χ3v) is 4.65. The summed E-state index contributed by atoms with van der Waals surface area (Å²) in [4.78, 5) is 16.9. The molecule has 1 aliphatic rings. The van der Waals surface area contributed by atoms with Crippen LogP contribution in [0.2, 0.25) is 0 Å². The molecule has 6 nitrogen and oxygen atoms in total. The minimum absolute atomic E-state index is 0.321. The van der Waals surface area contributed by atoms with Gasteiger partial charge in [-0.2, -0.15) is 0 Å². The second-order valence-electron chi connectivity index (χ2n) is 6.74. The van der Waals surface area contributed by atoms with E-state index in [0.29, 0.717) is 30.4 Å². The van der Waals surface area contributed by atoms with Crippen molar-refractivity contribution in [3.63, 3.8) is 0 Å². The maximum atomic E-state index is 12.4. The first-order chi connectivity index (χ1) is 14.2. The van der Waals surface area contributed by atoms with Gasteiger partial charge in [0.05, 0.1) is 18.8 Å². The minimum Gasteiger partial charge on any atom is -0.491 e. The van der Waals surface area contributed by atoms with E-state index in [9.17, 15) is 4.79 Å². The summed E-state index contributed by atoms with van der Waals surface area (Å²) in [5.74, 6) is 1.24. The Kier molecular flexibility index (Phi) is 5.42. The average Bonchev–Trinajstić information content (AvgIpc) is 3.23. The second kappa shape index (κ2) is 8.48. The zero-order valence-electron chi connectivity index (χ0n) is 15.9. The molecule has 0 atom stereocenters. The summed E-state index contributed by atoms with van der Waals surface area (Å²) < 4.78 is 5.62. The van der Waals surface area contributed by atoms with Crippen molar-refractivity contribution in [1.29, 1.82) is 0 Å². The van der Waals surface area contributed by atoms with Crippen LogP contribution in [0.4, 0.5) is 16.2 Å². The van der Waals surface area contributed by atoms with Gasteiger partial charge < -0.3 is 21.1 Å². The Morgan fingerprint density at radius 2 is 1.83 bits per heavy atom. The van der Waals surface area contributed by atoms with Crippen molar-refractivity contribution < 1.29 is 9.53 Å². The maximum Gasteiger partial charge on any atom is 0.323 e. The number of fused-ring (bicyclic) bond motifs is 1. The van der Waals surface area contributed by atoms with Gasteiger partial charge in [-0.25, -0.2) is 4.79 Å². The normalized spacial score (nSPS) is 12.8. The largest absolute Gasteiger partial charge is 0.491 e. The fourth-order valence-corrected chi connectivity index (χ4v) is 3.22. The van der Waals surface area contributed by atoms with Gasteiger partial charge in [0.2, 0.25) is 0 Å². The molecular weight excluding hydrogens is 364 g/mol. The zero-order valence-corrected chi connectivity index (χ0v) is 15.9. The van der Waals surface area contributed by atoms with Gasteiger partial charge in [0, 0.05) is 17.7 Å². The Morgan fingerprint density at radius 1 is 1.00 bits per heavy atom. The molecule has 146 valence electrons. The summed E-state index contributed by atoms with van der Waals surface area (Å²) in [5.41, 5.74) is 10.4. The molecule has 0 unspecified atom stereocenters. The number of anilines is 2. The molecule has 0 bridgehead atoms. The van der Waals surface area contributed by atoms with Gasteiger partial charge in [-0.1, -0.05) is 54.6 Å². The van der Waals surface area contributed by atoms with Crippen molar-refractivity contribution in [3.8, 4) is 5.75 Å². The van der Waals surface area contributed by atoms with E-state index in [2.05, 4.69) is 15.6 Å². The fraction of sp³-hybridized carbons (Fsp3) is 0.130. The molecule has 0 radical (unpaired) electrons. The number of ether oxygens (including phenoxy) is 1. The SMILES string of the molecule is NC(=NCc1cccc(NC(=O)Nc2cccc3c2OCC3)c1)c1ccccc1. The standard InChI is InChI=1S/C23H22N4O2/c24-22(18-7-2-1-3-8-18)25-15-16-6-4-10-19(14-16)26-23(28)27-20-11-5-9-17-12-13-29-21(17)20/h1-11,14H,12-13,15H2,(H2,24,25)(H2,26,27,28). The van der Waals surface area contributed by atoms with E-state index >= 15 is 0 Å². The first kappa shape index (κ1) is 18.6. The molecule has 0 saturated carbocycles. The van der Waals surface area contributed by atoms with Crippen molar-refractivity contribution in [3.05, 3.63) is 89.5 Å². The number of hydrogen-bond donors (Lipinski definition) is 3.